The number of imidazole rings is 2. The van der Waals surface area contributed by atoms with Crippen LogP contribution < -0.4 is 15.9 Å². The predicted octanol–water partition coefficient (Wildman–Crippen LogP) is 0.908. The summed E-state index contributed by atoms with van der Waals surface area (Å²) in [5, 5.41) is 21.6. The van der Waals surface area contributed by atoms with Gasteiger partial charge < -0.3 is 30.5 Å². The van der Waals surface area contributed by atoms with Crippen molar-refractivity contribution in [2.75, 3.05) is 12.3 Å². The maximum atomic E-state index is 13.0. The molecule has 1 fully saturated rings. The highest BCUT2D eigenvalue weighted by atomic mass is 31.3. The maximum Gasteiger partial charge on any atom is 0.480 e. The van der Waals surface area contributed by atoms with Gasteiger partial charge in [-0.3, -0.25) is 18.9 Å². The Morgan fingerprint density at radius 2 is 1.76 bits per heavy atom. The molecule has 1 aliphatic rings. The lowest BCUT2D eigenvalue weighted by molar-refractivity contribution is -0.745. The molecule has 2 aromatic carbocycles. The zero-order valence-corrected chi connectivity index (χ0v) is 25.0. The number of aromatic amines is 1. The van der Waals surface area contributed by atoms with E-state index in [0.29, 0.717) is 4.34 Å². The van der Waals surface area contributed by atoms with Gasteiger partial charge in [-0.05, 0) is 16.7 Å². The number of ether oxygens (including phenoxy) is 1. The van der Waals surface area contributed by atoms with Crippen LogP contribution in [0.4, 0.5) is 5.95 Å². The Morgan fingerprint density at radius 3 is 2.44 bits per heavy atom. The minimum Gasteiger partial charge on any atom is -0.387 e. The fourth-order valence-electron chi connectivity index (χ4n) is 4.98. The van der Waals surface area contributed by atoms with Crippen molar-refractivity contribution in [1.29, 1.82) is 0 Å². The van der Waals surface area contributed by atoms with Gasteiger partial charge in [0.1, 0.15) is 24.6 Å². The molecule has 7 N–H and O–H groups in total. The average molecular weight is 660 g/mol. The molecule has 0 saturated carbocycles. The third kappa shape index (κ3) is 6.39. The second kappa shape index (κ2) is 12.1. The van der Waals surface area contributed by atoms with Crippen molar-refractivity contribution in [3.8, 4) is 11.1 Å². The van der Waals surface area contributed by atoms with E-state index in [1.54, 1.807) is 4.57 Å². The van der Waals surface area contributed by atoms with Gasteiger partial charge in [-0.25, -0.2) is 23.0 Å². The van der Waals surface area contributed by atoms with Gasteiger partial charge in [0.15, 0.2) is 6.33 Å². The zero-order chi connectivity index (χ0) is 31.9. The predicted molar refractivity (Wildman–Crippen MR) is 156 cm³/mol. The Labute approximate surface area is 253 Å². The van der Waals surface area contributed by atoms with E-state index in [1.165, 1.54) is 10.9 Å². The lowest BCUT2D eigenvalue weighted by atomic mass is 10.0. The number of aromatic nitrogens is 6. The molecular weight excluding hydrogens is 632 g/mol. The van der Waals surface area contributed by atoms with Gasteiger partial charge in [-0.15, -0.1) is 0 Å². The molecule has 45 heavy (non-hydrogen) atoms. The zero-order valence-electron chi connectivity index (χ0n) is 23.2. The van der Waals surface area contributed by atoms with Crippen molar-refractivity contribution < 1.29 is 47.3 Å². The number of benzene rings is 2. The number of aliphatic hydroxyl groups is 2. The summed E-state index contributed by atoms with van der Waals surface area (Å²) in [6, 6.07) is 17.5. The molecule has 19 heteroatoms. The SMILES string of the molecule is Nc1nc2c(c(=O)[nH]1)n(Cc1ccc(-c3ccccc3)cc1)c[n+]2[C@@H]1O[C@H](COP(=O)(O)OP(=O)(O)n2ccnc2)[C@@H](O)[C@H]1O. The number of phosphoric acid groups is 1. The lowest BCUT2D eigenvalue weighted by Gasteiger charge is -2.19. The second-order valence-electron chi connectivity index (χ2n) is 10.2. The van der Waals surface area contributed by atoms with E-state index < -0.39 is 52.3 Å². The van der Waals surface area contributed by atoms with E-state index in [0.717, 1.165) is 35.4 Å². The molecular formula is C26H28N7O10P2+. The first kappa shape index (κ1) is 31.0. The number of hydrogen-bond acceptors (Lipinski definition) is 11. The molecule has 1 saturated heterocycles. The third-order valence-corrected chi connectivity index (χ3v) is 10.1. The Morgan fingerprint density at radius 1 is 1.04 bits per heavy atom. The van der Waals surface area contributed by atoms with Gasteiger partial charge in [-0.2, -0.15) is 4.31 Å². The number of nitrogens with two attached hydrogens (primary N) is 1. The smallest absolute Gasteiger partial charge is 0.387 e. The van der Waals surface area contributed by atoms with Gasteiger partial charge >= 0.3 is 21.2 Å². The Balaban J connectivity index is 1.23. The molecule has 5 aromatic rings. The first-order chi connectivity index (χ1) is 21.4. The molecule has 3 aromatic heterocycles. The summed E-state index contributed by atoms with van der Waals surface area (Å²) in [6.45, 7) is -0.607. The number of nitrogen functional groups attached to an aromatic ring is 1. The van der Waals surface area contributed by atoms with Crippen LogP contribution in [0.2, 0.25) is 0 Å². The number of phosphoric ester groups is 1. The number of anilines is 1. The van der Waals surface area contributed by atoms with Crippen molar-refractivity contribution in [3.63, 3.8) is 0 Å². The van der Waals surface area contributed by atoms with E-state index in [4.69, 9.17) is 15.0 Å². The van der Waals surface area contributed by atoms with Crippen LogP contribution in [-0.2, 0) is 29.2 Å². The number of aliphatic hydroxyl groups excluding tert-OH is 2. The molecule has 6 rings (SSSR count). The monoisotopic (exact) mass is 660 g/mol. The molecule has 4 heterocycles. The molecule has 6 atom stereocenters. The van der Waals surface area contributed by atoms with Crippen LogP contribution in [0.15, 0.2) is 84.4 Å². The molecule has 0 aliphatic carbocycles. The highest BCUT2D eigenvalue weighted by Gasteiger charge is 2.48. The minimum atomic E-state index is -5.18. The highest BCUT2D eigenvalue weighted by molar-refractivity contribution is 7.63. The molecule has 17 nitrogen and oxygen atoms in total. The van der Waals surface area contributed by atoms with E-state index >= 15 is 0 Å². The van der Waals surface area contributed by atoms with E-state index in [-0.39, 0.29) is 23.7 Å². The molecule has 236 valence electrons. The summed E-state index contributed by atoms with van der Waals surface area (Å²) in [5.41, 5.74) is 8.28. The van der Waals surface area contributed by atoms with E-state index in [1.807, 2.05) is 54.6 Å². The second-order valence-corrected chi connectivity index (χ2v) is 13.5. The first-order valence-electron chi connectivity index (χ1n) is 13.4. The van der Waals surface area contributed by atoms with Gasteiger partial charge in [0.2, 0.25) is 11.7 Å². The average Bonchev–Trinajstić information content (AvgIpc) is 3.73. The summed E-state index contributed by atoms with van der Waals surface area (Å²) >= 11 is 0. The van der Waals surface area contributed by atoms with Crippen LogP contribution in [0.1, 0.15) is 11.8 Å². The highest BCUT2D eigenvalue weighted by Crippen LogP contribution is 2.60. The van der Waals surface area contributed by atoms with Gasteiger partial charge in [0.25, 0.3) is 11.5 Å². The first-order valence-corrected chi connectivity index (χ1v) is 16.4. The molecule has 0 radical (unpaired) electrons. The van der Waals surface area contributed by atoms with Crippen molar-refractivity contribution in [2.24, 2.45) is 0 Å². The third-order valence-electron chi connectivity index (χ3n) is 7.11. The van der Waals surface area contributed by atoms with Gasteiger partial charge in [0, 0.05) is 12.4 Å². The summed E-state index contributed by atoms with van der Waals surface area (Å²) in [7, 11) is -10.0. The summed E-state index contributed by atoms with van der Waals surface area (Å²) in [4.78, 5) is 43.3. The molecule has 1 aliphatic heterocycles. The van der Waals surface area contributed by atoms with E-state index in [9.17, 15) is 33.9 Å². The standard InChI is InChI=1S/C26H27N7O10P2/c27-26-29-23-20(24(36)30-26)31(12-16-6-8-18(9-7-16)17-4-2-1-3-5-17)15-33(23)25-22(35)21(34)19(42-25)13-41-45(39,40)43-44(37,38)32-11-10-28-14-32/h1-11,14-15,19,21-22,25,34-35H,12-13H2,(H4-,27,29,30,36,37,38,39,40)/p+1/t19-,21-,22-,25-/m1/s1. The normalized spacial score (nSPS) is 22.8. The summed E-state index contributed by atoms with van der Waals surface area (Å²) in [6.07, 6.45) is -1.45. The quantitative estimate of drug-likeness (QED) is 0.0903. The van der Waals surface area contributed by atoms with Crippen molar-refractivity contribution >= 4 is 32.7 Å². The fourth-order valence-corrected chi connectivity index (χ4v) is 7.33. The number of H-pyrrole nitrogens is 1. The van der Waals surface area contributed by atoms with Crippen molar-refractivity contribution in [1.82, 2.24) is 23.9 Å². The van der Waals surface area contributed by atoms with E-state index in [2.05, 4.69) is 19.3 Å². The Bertz CT molecular complexity index is 1970. The van der Waals surface area contributed by atoms with Crippen LogP contribution in [0.5, 0.6) is 0 Å². The number of hydrogen-bond donors (Lipinski definition) is 6. The van der Waals surface area contributed by atoms with Crippen molar-refractivity contribution in [2.45, 2.75) is 31.1 Å². The largest absolute Gasteiger partial charge is 0.480 e. The number of fused-ring (bicyclic) bond motifs is 1. The Kier molecular flexibility index (Phi) is 8.30. The molecule has 0 amide bonds. The Hall–Kier alpha value is -4.02. The number of nitrogens with zero attached hydrogens (tertiary/aromatic N) is 5. The van der Waals surface area contributed by atoms with Gasteiger partial charge in [-0.1, -0.05) is 59.6 Å². The number of rotatable bonds is 10. The molecule has 2 unspecified atom stereocenters. The topological polar surface area (TPSA) is 241 Å². The lowest BCUT2D eigenvalue weighted by Crippen LogP contribution is -2.46. The van der Waals surface area contributed by atoms with Crippen LogP contribution in [-0.4, -0.2) is 68.8 Å². The van der Waals surface area contributed by atoms with Crippen LogP contribution in [0.3, 0.4) is 0 Å². The van der Waals surface area contributed by atoms with Gasteiger partial charge in [0.05, 0.1) is 13.2 Å². The maximum absolute atomic E-state index is 13.0. The molecule has 0 spiro atoms. The van der Waals surface area contributed by atoms with Crippen LogP contribution in [0.25, 0.3) is 22.3 Å². The van der Waals surface area contributed by atoms with Crippen LogP contribution in [0, 0.1) is 0 Å². The fraction of sp³-hybridized carbons (Fsp3) is 0.231. The van der Waals surface area contributed by atoms with Crippen LogP contribution >= 0.6 is 15.6 Å². The minimum absolute atomic E-state index is 0.0349. The summed E-state index contributed by atoms with van der Waals surface area (Å²) in [5.74, 6) is -0.205. The summed E-state index contributed by atoms with van der Waals surface area (Å²) < 4.78 is 43.2. The molecule has 0 bridgehead atoms. The number of nitrogens with one attached hydrogen (secondary N) is 1. The van der Waals surface area contributed by atoms with Crippen molar-refractivity contribution in [3.05, 3.63) is 95.6 Å².